The lowest BCUT2D eigenvalue weighted by Crippen LogP contribution is -2.15. The molecular weight excluding hydrogens is 175 g/mol. The topological polar surface area (TPSA) is 57.5 Å². The Morgan fingerprint density at radius 2 is 2.23 bits per heavy atom. The van der Waals surface area contributed by atoms with Crippen LogP contribution in [0.25, 0.3) is 0 Å². The van der Waals surface area contributed by atoms with Gasteiger partial charge in [0.05, 0.1) is 6.61 Å². The van der Waals surface area contributed by atoms with Gasteiger partial charge in [-0.05, 0) is 17.7 Å². The molecule has 0 radical (unpaired) electrons. The van der Waals surface area contributed by atoms with E-state index in [1.807, 2.05) is 0 Å². The molecule has 0 bridgehead atoms. The Labute approximate surface area is 74.4 Å². The molecule has 0 spiro atoms. The molecule has 0 aromatic heterocycles. The molecule has 0 aliphatic carbocycles. The van der Waals surface area contributed by atoms with Crippen LogP contribution in [0.3, 0.4) is 0 Å². The molecular formula is C9H9FO3. The number of carboxylic acids is 1. The van der Waals surface area contributed by atoms with Crippen LogP contribution in [-0.4, -0.2) is 22.8 Å². The van der Waals surface area contributed by atoms with E-state index in [1.54, 1.807) is 0 Å². The summed E-state index contributed by atoms with van der Waals surface area (Å²) in [7, 11) is 0. The van der Waals surface area contributed by atoms with Crippen molar-refractivity contribution < 1.29 is 19.4 Å². The Balaban J connectivity index is 2.98. The van der Waals surface area contributed by atoms with Crippen LogP contribution in [0.1, 0.15) is 11.5 Å². The van der Waals surface area contributed by atoms with Crippen LogP contribution < -0.4 is 0 Å². The Morgan fingerprint density at radius 3 is 2.69 bits per heavy atom. The molecule has 1 aromatic rings. The first-order valence-electron chi connectivity index (χ1n) is 3.74. The van der Waals surface area contributed by atoms with E-state index < -0.39 is 24.3 Å². The van der Waals surface area contributed by atoms with E-state index in [0.717, 1.165) is 6.07 Å². The van der Waals surface area contributed by atoms with Crippen molar-refractivity contribution in [3.05, 3.63) is 35.6 Å². The largest absolute Gasteiger partial charge is 0.481 e. The summed E-state index contributed by atoms with van der Waals surface area (Å²) >= 11 is 0. The zero-order valence-corrected chi connectivity index (χ0v) is 6.77. The van der Waals surface area contributed by atoms with Crippen LogP contribution in [-0.2, 0) is 4.79 Å². The Kier molecular flexibility index (Phi) is 2.97. The second-order valence-electron chi connectivity index (χ2n) is 2.63. The summed E-state index contributed by atoms with van der Waals surface area (Å²) < 4.78 is 12.7. The van der Waals surface area contributed by atoms with Gasteiger partial charge in [-0.15, -0.1) is 0 Å². The second kappa shape index (κ2) is 4.00. The highest BCUT2D eigenvalue weighted by Crippen LogP contribution is 2.16. The summed E-state index contributed by atoms with van der Waals surface area (Å²) in [6.07, 6.45) is 0. The van der Waals surface area contributed by atoms with E-state index in [2.05, 4.69) is 0 Å². The first-order chi connectivity index (χ1) is 6.15. The summed E-state index contributed by atoms with van der Waals surface area (Å²) in [5, 5.41) is 17.4. The third kappa shape index (κ3) is 2.26. The highest BCUT2D eigenvalue weighted by atomic mass is 19.1. The summed E-state index contributed by atoms with van der Waals surface area (Å²) in [6.45, 7) is -0.529. The lowest BCUT2D eigenvalue weighted by Gasteiger charge is -2.08. The fourth-order valence-corrected chi connectivity index (χ4v) is 1.05. The van der Waals surface area contributed by atoms with E-state index in [-0.39, 0.29) is 5.56 Å². The highest BCUT2D eigenvalue weighted by Gasteiger charge is 2.18. The molecule has 3 nitrogen and oxygen atoms in total. The third-order valence-electron chi connectivity index (χ3n) is 1.73. The first kappa shape index (κ1) is 9.67. The maximum Gasteiger partial charge on any atom is 0.313 e. The van der Waals surface area contributed by atoms with Crippen molar-refractivity contribution in [2.75, 3.05) is 6.61 Å². The monoisotopic (exact) mass is 184 g/mol. The number of carbonyl (C=O) groups is 1. The number of carboxylic acid groups (broad SMARTS) is 1. The predicted octanol–water partition coefficient (Wildman–Crippen LogP) is 0.986. The molecule has 13 heavy (non-hydrogen) atoms. The minimum absolute atomic E-state index is 0.273. The van der Waals surface area contributed by atoms with E-state index >= 15 is 0 Å². The summed E-state index contributed by atoms with van der Waals surface area (Å²) in [6, 6.07) is 5.21. The lowest BCUT2D eigenvalue weighted by molar-refractivity contribution is -0.139. The molecule has 0 aliphatic heterocycles. The number of hydrogen-bond acceptors (Lipinski definition) is 2. The lowest BCUT2D eigenvalue weighted by atomic mass is 10.0. The number of aliphatic hydroxyl groups excluding tert-OH is 1. The molecule has 1 aromatic carbocycles. The van der Waals surface area contributed by atoms with Crippen LogP contribution in [0.4, 0.5) is 4.39 Å². The predicted molar refractivity (Wildman–Crippen MR) is 43.9 cm³/mol. The number of rotatable bonds is 3. The molecule has 0 unspecified atom stereocenters. The van der Waals surface area contributed by atoms with E-state index in [1.165, 1.54) is 18.2 Å². The normalized spacial score (nSPS) is 12.5. The van der Waals surface area contributed by atoms with E-state index in [4.69, 9.17) is 10.2 Å². The molecule has 0 aliphatic rings. The SMILES string of the molecule is O=C(O)[C@H](CO)c1cccc(F)c1. The molecule has 1 rings (SSSR count). The van der Waals surface area contributed by atoms with Gasteiger partial charge in [0.2, 0.25) is 0 Å². The standard InChI is InChI=1S/C9H9FO3/c10-7-3-1-2-6(4-7)8(5-11)9(12)13/h1-4,8,11H,5H2,(H,12,13)/t8-/m1/s1. The molecule has 1 atom stereocenters. The molecule has 2 N–H and O–H groups in total. The van der Waals surface area contributed by atoms with Crippen molar-refractivity contribution in [3.63, 3.8) is 0 Å². The molecule has 0 fully saturated rings. The van der Waals surface area contributed by atoms with Crippen LogP contribution in [0.2, 0.25) is 0 Å². The maximum absolute atomic E-state index is 12.7. The van der Waals surface area contributed by atoms with Gasteiger partial charge in [0.25, 0.3) is 0 Å². The first-order valence-corrected chi connectivity index (χ1v) is 3.74. The zero-order valence-electron chi connectivity index (χ0n) is 6.77. The molecule has 0 saturated carbocycles. The van der Waals surface area contributed by atoms with Crippen LogP contribution in [0.5, 0.6) is 0 Å². The Bertz CT molecular complexity index is 311. The van der Waals surface area contributed by atoms with Gasteiger partial charge < -0.3 is 10.2 Å². The number of hydrogen-bond donors (Lipinski definition) is 2. The van der Waals surface area contributed by atoms with Gasteiger partial charge >= 0.3 is 5.97 Å². The molecule has 4 heteroatoms. The molecule has 0 heterocycles. The van der Waals surface area contributed by atoms with Crippen LogP contribution in [0.15, 0.2) is 24.3 Å². The Hall–Kier alpha value is -1.42. The number of benzene rings is 1. The third-order valence-corrected chi connectivity index (χ3v) is 1.73. The van der Waals surface area contributed by atoms with Gasteiger partial charge in [-0.25, -0.2) is 4.39 Å². The van der Waals surface area contributed by atoms with Crippen molar-refractivity contribution in [1.29, 1.82) is 0 Å². The van der Waals surface area contributed by atoms with Crippen molar-refractivity contribution >= 4 is 5.97 Å². The van der Waals surface area contributed by atoms with E-state index in [9.17, 15) is 9.18 Å². The fourth-order valence-electron chi connectivity index (χ4n) is 1.05. The summed E-state index contributed by atoms with van der Waals surface area (Å²) in [4.78, 5) is 10.6. The summed E-state index contributed by atoms with van der Waals surface area (Å²) in [5.74, 6) is -2.71. The zero-order chi connectivity index (χ0) is 9.84. The minimum atomic E-state index is -1.16. The van der Waals surface area contributed by atoms with Crippen molar-refractivity contribution in [2.24, 2.45) is 0 Å². The average molecular weight is 184 g/mol. The molecule has 0 saturated heterocycles. The number of aliphatic carboxylic acids is 1. The number of aliphatic hydroxyl groups is 1. The highest BCUT2D eigenvalue weighted by molar-refractivity contribution is 5.76. The van der Waals surface area contributed by atoms with E-state index in [0.29, 0.717) is 0 Å². The average Bonchev–Trinajstić information content (AvgIpc) is 2.04. The second-order valence-corrected chi connectivity index (χ2v) is 2.63. The van der Waals surface area contributed by atoms with Gasteiger partial charge in [0, 0.05) is 0 Å². The van der Waals surface area contributed by atoms with Gasteiger partial charge in [-0.1, -0.05) is 12.1 Å². The number of halogens is 1. The van der Waals surface area contributed by atoms with Crippen molar-refractivity contribution in [2.45, 2.75) is 5.92 Å². The minimum Gasteiger partial charge on any atom is -0.481 e. The fraction of sp³-hybridized carbons (Fsp3) is 0.222. The Morgan fingerprint density at radius 1 is 1.54 bits per heavy atom. The summed E-state index contributed by atoms with van der Waals surface area (Å²) in [5.41, 5.74) is 0.273. The smallest absolute Gasteiger partial charge is 0.313 e. The molecule has 0 amide bonds. The van der Waals surface area contributed by atoms with Gasteiger partial charge in [0.1, 0.15) is 11.7 Å². The quantitative estimate of drug-likeness (QED) is 0.736. The van der Waals surface area contributed by atoms with Crippen LogP contribution in [0, 0.1) is 5.82 Å². The van der Waals surface area contributed by atoms with Crippen molar-refractivity contribution in [1.82, 2.24) is 0 Å². The molecule has 70 valence electrons. The van der Waals surface area contributed by atoms with Crippen molar-refractivity contribution in [3.8, 4) is 0 Å². The van der Waals surface area contributed by atoms with Gasteiger partial charge in [-0.2, -0.15) is 0 Å². The van der Waals surface area contributed by atoms with Gasteiger partial charge in [-0.3, -0.25) is 4.79 Å². The maximum atomic E-state index is 12.7. The van der Waals surface area contributed by atoms with Crippen LogP contribution >= 0.6 is 0 Å². The van der Waals surface area contributed by atoms with Gasteiger partial charge in [0.15, 0.2) is 0 Å².